The van der Waals surface area contributed by atoms with E-state index < -0.39 is 52.0 Å². The summed E-state index contributed by atoms with van der Waals surface area (Å²) in [7, 11) is 0. The standard InChI is InChI=1S/C50H61NO8S2/c1-3-5-7-9-11-25-35-51(36-26-12-10-8-6-4-2)61-50-44(59-49(55)41-33-23-16-24-34-41)43(58-48(54)40-31-21-15-22-32-40)45(60-50)42(57-47(53)39-29-19-14-20-30-39)37-56-46(52)38-27-17-13-18-28-38/h13-24,27-34,42-45,50H,3-12,25-26,35-37H2,1-2H3/t42-,43-,44-,45+,50+/m1/s1. The largest absolute Gasteiger partial charge is 0.458 e. The highest BCUT2D eigenvalue weighted by atomic mass is 32.2. The van der Waals surface area contributed by atoms with Gasteiger partial charge in [-0.25, -0.2) is 23.5 Å². The van der Waals surface area contributed by atoms with Gasteiger partial charge in [0.2, 0.25) is 0 Å². The van der Waals surface area contributed by atoms with Crippen LogP contribution in [0.3, 0.4) is 0 Å². The van der Waals surface area contributed by atoms with Crippen molar-refractivity contribution >= 4 is 47.6 Å². The first-order valence-corrected chi connectivity index (χ1v) is 23.7. The predicted octanol–water partition coefficient (Wildman–Crippen LogP) is 11.6. The van der Waals surface area contributed by atoms with Gasteiger partial charge in [-0.2, -0.15) is 0 Å². The van der Waals surface area contributed by atoms with Gasteiger partial charge in [-0.1, -0.05) is 163 Å². The summed E-state index contributed by atoms with van der Waals surface area (Å²) >= 11 is 3.02. The zero-order valence-electron chi connectivity index (χ0n) is 35.6. The number of rotatable bonds is 26. The second-order valence-electron chi connectivity index (χ2n) is 15.3. The molecule has 0 radical (unpaired) electrons. The molecule has 1 heterocycles. The molecule has 0 aliphatic carbocycles. The van der Waals surface area contributed by atoms with E-state index in [0.29, 0.717) is 22.3 Å². The van der Waals surface area contributed by atoms with Gasteiger partial charge in [-0.05, 0) is 61.4 Å². The number of esters is 4. The Labute approximate surface area is 370 Å². The Morgan fingerprint density at radius 3 is 1.38 bits per heavy atom. The van der Waals surface area contributed by atoms with Gasteiger partial charge in [0.25, 0.3) is 0 Å². The second kappa shape index (κ2) is 26.7. The first-order chi connectivity index (χ1) is 29.9. The molecule has 1 aliphatic heterocycles. The highest BCUT2D eigenvalue weighted by molar-refractivity contribution is 8.16. The number of hydrogen-bond acceptors (Lipinski definition) is 11. The van der Waals surface area contributed by atoms with Crippen molar-refractivity contribution in [2.24, 2.45) is 0 Å². The van der Waals surface area contributed by atoms with Crippen molar-refractivity contribution in [2.45, 2.75) is 119 Å². The van der Waals surface area contributed by atoms with E-state index in [9.17, 15) is 19.2 Å². The topological polar surface area (TPSA) is 108 Å². The minimum absolute atomic E-state index is 0.310. The molecule has 5 rings (SSSR count). The number of carbonyl (C=O) groups excluding carboxylic acids is 4. The van der Waals surface area contributed by atoms with Crippen molar-refractivity contribution < 1.29 is 38.1 Å². The van der Waals surface area contributed by atoms with E-state index in [-0.39, 0.29) is 6.61 Å². The zero-order chi connectivity index (χ0) is 43.1. The van der Waals surface area contributed by atoms with Crippen LogP contribution in [0.15, 0.2) is 121 Å². The van der Waals surface area contributed by atoms with Gasteiger partial charge in [0.05, 0.1) is 27.5 Å². The molecule has 326 valence electrons. The summed E-state index contributed by atoms with van der Waals surface area (Å²) in [5.74, 6) is -2.40. The summed E-state index contributed by atoms with van der Waals surface area (Å²) < 4.78 is 26.9. The molecule has 0 unspecified atom stereocenters. The van der Waals surface area contributed by atoms with Gasteiger partial charge in [0.1, 0.15) is 11.2 Å². The minimum atomic E-state index is -1.10. The fraction of sp³-hybridized carbons (Fsp3) is 0.440. The van der Waals surface area contributed by atoms with Crippen LogP contribution in [-0.4, -0.2) is 76.0 Å². The third-order valence-corrected chi connectivity index (χ3v) is 13.7. The van der Waals surface area contributed by atoms with Crippen LogP contribution in [0.4, 0.5) is 0 Å². The van der Waals surface area contributed by atoms with Gasteiger partial charge in [0.15, 0.2) is 18.3 Å². The molecule has 1 saturated heterocycles. The maximum Gasteiger partial charge on any atom is 0.338 e. The maximum absolute atomic E-state index is 14.0. The van der Waals surface area contributed by atoms with E-state index >= 15 is 0 Å². The zero-order valence-corrected chi connectivity index (χ0v) is 37.2. The molecular formula is C50H61NO8S2. The number of benzene rings is 4. The molecule has 0 spiro atoms. The van der Waals surface area contributed by atoms with Crippen molar-refractivity contribution in [3.05, 3.63) is 144 Å². The third-order valence-electron chi connectivity index (χ3n) is 10.5. The summed E-state index contributed by atoms with van der Waals surface area (Å²) in [6.07, 6.45) is 10.7. The second-order valence-corrected chi connectivity index (χ2v) is 18.1. The van der Waals surface area contributed by atoms with E-state index in [0.717, 1.165) is 38.8 Å². The Balaban J connectivity index is 1.50. The summed E-state index contributed by atoms with van der Waals surface area (Å²) in [4.78, 5) is 55.2. The van der Waals surface area contributed by atoms with E-state index in [4.69, 9.17) is 18.9 Å². The van der Waals surface area contributed by atoms with Gasteiger partial charge in [0, 0.05) is 13.1 Å². The minimum Gasteiger partial charge on any atom is -0.458 e. The molecule has 4 aromatic rings. The number of nitrogens with zero attached hydrogens (tertiary/aromatic N) is 1. The van der Waals surface area contributed by atoms with Crippen molar-refractivity contribution in [3.63, 3.8) is 0 Å². The lowest BCUT2D eigenvalue weighted by atomic mass is 10.1. The molecule has 0 N–H and O–H groups in total. The van der Waals surface area contributed by atoms with Gasteiger partial charge >= 0.3 is 23.9 Å². The lowest BCUT2D eigenvalue weighted by molar-refractivity contribution is -0.0489. The van der Waals surface area contributed by atoms with Crippen LogP contribution in [0.25, 0.3) is 0 Å². The van der Waals surface area contributed by atoms with E-state index in [2.05, 4.69) is 18.2 Å². The number of ether oxygens (including phenoxy) is 4. The van der Waals surface area contributed by atoms with Crippen LogP contribution in [0.1, 0.15) is 132 Å². The van der Waals surface area contributed by atoms with Gasteiger partial charge in [-0.3, -0.25) is 0 Å². The summed E-state index contributed by atoms with van der Waals surface area (Å²) in [6.45, 7) is 5.78. The number of carbonyl (C=O) groups is 4. The Bertz CT molecular complexity index is 1870. The lowest BCUT2D eigenvalue weighted by Gasteiger charge is -2.30. The van der Waals surface area contributed by atoms with E-state index in [1.807, 2.05) is 12.1 Å². The molecule has 4 aromatic carbocycles. The maximum atomic E-state index is 14.0. The first-order valence-electron chi connectivity index (χ1n) is 21.9. The Hall–Kier alpha value is -4.58. The Morgan fingerprint density at radius 2 is 0.918 bits per heavy atom. The first kappa shape index (κ1) is 47.5. The SMILES string of the molecule is CCCCCCCCN(CCCCCCCC)S[C@@H]1S[C@@H]([C@@H](COC(=O)c2ccccc2)OC(=O)c2ccccc2)[C@H](OC(=O)c2ccccc2)[C@H]1OC(=O)c1ccccc1. The molecule has 0 saturated carbocycles. The smallest absolute Gasteiger partial charge is 0.338 e. The average Bonchev–Trinajstić information content (AvgIpc) is 3.62. The lowest BCUT2D eigenvalue weighted by Crippen LogP contribution is -2.46. The molecule has 0 aromatic heterocycles. The Kier molecular flexibility index (Phi) is 20.8. The highest BCUT2D eigenvalue weighted by Crippen LogP contribution is 2.47. The van der Waals surface area contributed by atoms with Crippen molar-refractivity contribution in [1.29, 1.82) is 0 Å². The fourth-order valence-corrected chi connectivity index (χ4v) is 10.5. The fourth-order valence-electron chi connectivity index (χ4n) is 7.12. The monoisotopic (exact) mass is 867 g/mol. The van der Waals surface area contributed by atoms with Crippen molar-refractivity contribution in [3.8, 4) is 0 Å². The molecule has 0 amide bonds. The van der Waals surface area contributed by atoms with Gasteiger partial charge < -0.3 is 18.9 Å². The number of thioether (sulfide) groups is 1. The molecule has 11 heteroatoms. The highest BCUT2D eigenvalue weighted by Gasteiger charge is 2.54. The van der Waals surface area contributed by atoms with Crippen LogP contribution in [-0.2, 0) is 18.9 Å². The van der Waals surface area contributed by atoms with E-state index in [1.165, 1.54) is 63.1 Å². The van der Waals surface area contributed by atoms with Crippen molar-refractivity contribution in [2.75, 3.05) is 19.7 Å². The number of unbranched alkanes of at least 4 members (excludes halogenated alkanes) is 10. The van der Waals surface area contributed by atoms with Crippen LogP contribution in [0.2, 0.25) is 0 Å². The molecule has 5 atom stereocenters. The molecular weight excluding hydrogens is 807 g/mol. The normalized spacial score (nSPS) is 17.7. The van der Waals surface area contributed by atoms with E-state index in [1.54, 1.807) is 121 Å². The van der Waals surface area contributed by atoms with Crippen LogP contribution in [0.5, 0.6) is 0 Å². The Morgan fingerprint density at radius 1 is 0.525 bits per heavy atom. The van der Waals surface area contributed by atoms with Crippen LogP contribution >= 0.6 is 23.7 Å². The quantitative estimate of drug-likeness (QED) is 0.0260. The van der Waals surface area contributed by atoms with Crippen molar-refractivity contribution in [1.82, 2.24) is 4.31 Å². The van der Waals surface area contributed by atoms with Crippen LogP contribution in [0, 0.1) is 0 Å². The summed E-state index contributed by atoms with van der Waals surface area (Å²) in [5.41, 5.74) is 1.32. The molecule has 1 fully saturated rings. The van der Waals surface area contributed by atoms with Gasteiger partial charge in [-0.15, -0.1) is 11.8 Å². The average molecular weight is 868 g/mol. The number of hydrogen-bond donors (Lipinski definition) is 0. The molecule has 1 aliphatic rings. The third kappa shape index (κ3) is 15.7. The molecule has 61 heavy (non-hydrogen) atoms. The summed E-state index contributed by atoms with van der Waals surface area (Å²) in [6, 6.07) is 34.5. The van der Waals surface area contributed by atoms with Crippen LogP contribution < -0.4 is 0 Å². The predicted molar refractivity (Wildman–Crippen MR) is 245 cm³/mol. The molecule has 0 bridgehead atoms. The molecule has 9 nitrogen and oxygen atoms in total. The summed E-state index contributed by atoms with van der Waals surface area (Å²) in [5, 5.41) is -0.806.